The van der Waals surface area contributed by atoms with E-state index in [9.17, 15) is 0 Å². The predicted octanol–water partition coefficient (Wildman–Crippen LogP) is 3.66. The van der Waals surface area contributed by atoms with E-state index in [1.165, 1.54) is 17.1 Å². The molecular weight excluding hydrogens is 184 g/mol. The molecule has 0 amide bonds. The second kappa shape index (κ2) is 3.51. The van der Waals surface area contributed by atoms with Gasteiger partial charge >= 0.3 is 0 Å². The van der Waals surface area contributed by atoms with Crippen LogP contribution >= 0.6 is 23.5 Å². The summed E-state index contributed by atoms with van der Waals surface area (Å²) in [4.78, 5) is 3.18. The lowest BCUT2D eigenvalue weighted by Crippen LogP contribution is -2.10. The van der Waals surface area contributed by atoms with E-state index in [1.54, 1.807) is 4.91 Å². The molecule has 66 valence electrons. The van der Waals surface area contributed by atoms with Crippen LogP contribution in [0.15, 0.2) is 22.0 Å². The Balaban J connectivity index is 2.10. The number of thioether (sulfide) groups is 2. The summed E-state index contributed by atoms with van der Waals surface area (Å²) in [5, 5.41) is 0.724. The SMILES string of the molecule is CC(C)C1C=CC2=C(CCS2)S1. The van der Waals surface area contributed by atoms with E-state index in [4.69, 9.17) is 0 Å². The van der Waals surface area contributed by atoms with Crippen LogP contribution in [0, 0.1) is 5.92 Å². The van der Waals surface area contributed by atoms with Gasteiger partial charge in [-0.2, -0.15) is 0 Å². The standard InChI is InChI=1S/C10H14S2/c1-7(2)8-3-4-9-10(12-8)5-6-11-9/h3-4,7-8H,5-6H2,1-2H3. The summed E-state index contributed by atoms with van der Waals surface area (Å²) in [5.41, 5.74) is 0. The molecule has 1 unspecified atom stereocenters. The quantitative estimate of drug-likeness (QED) is 0.630. The van der Waals surface area contributed by atoms with Gasteiger partial charge in [-0.05, 0) is 17.2 Å². The highest BCUT2D eigenvalue weighted by molar-refractivity contribution is 8.08. The van der Waals surface area contributed by atoms with Gasteiger partial charge in [-0.15, -0.1) is 23.5 Å². The minimum atomic E-state index is 0.724. The molecule has 0 saturated carbocycles. The second-order valence-electron chi connectivity index (χ2n) is 3.57. The molecule has 12 heavy (non-hydrogen) atoms. The van der Waals surface area contributed by atoms with Crippen LogP contribution in [-0.4, -0.2) is 11.0 Å². The molecule has 0 saturated heterocycles. The molecule has 0 nitrogen and oxygen atoms in total. The second-order valence-corrected chi connectivity index (χ2v) is 5.98. The third-order valence-electron chi connectivity index (χ3n) is 2.23. The molecule has 0 aromatic rings. The van der Waals surface area contributed by atoms with Crippen LogP contribution in [0.1, 0.15) is 20.3 Å². The minimum absolute atomic E-state index is 0.724. The Kier molecular flexibility index (Phi) is 2.56. The average molecular weight is 198 g/mol. The molecule has 0 bridgehead atoms. The van der Waals surface area contributed by atoms with Crippen molar-refractivity contribution in [1.29, 1.82) is 0 Å². The summed E-state index contributed by atoms with van der Waals surface area (Å²) >= 11 is 4.09. The zero-order valence-electron chi connectivity index (χ0n) is 7.54. The van der Waals surface area contributed by atoms with E-state index in [2.05, 4.69) is 37.8 Å². The summed E-state index contributed by atoms with van der Waals surface area (Å²) < 4.78 is 0. The van der Waals surface area contributed by atoms with Crippen LogP contribution in [0.4, 0.5) is 0 Å². The maximum atomic E-state index is 2.37. The predicted molar refractivity (Wildman–Crippen MR) is 59.5 cm³/mol. The summed E-state index contributed by atoms with van der Waals surface area (Å²) in [6.45, 7) is 4.60. The molecule has 2 heteroatoms. The van der Waals surface area contributed by atoms with Crippen LogP contribution in [0.5, 0.6) is 0 Å². The molecule has 0 aromatic carbocycles. The molecule has 0 spiro atoms. The summed E-state index contributed by atoms with van der Waals surface area (Å²) in [6.07, 6.45) is 6.00. The lowest BCUT2D eigenvalue weighted by molar-refractivity contribution is 0.678. The Labute approximate surface area is 82.9 Å². The van der Waals surface area contributed by atoms with Gasteiger partial charge in [0.2, 0.25) is 0 Å². The highest BCUT2D eigenvalue weighted by atomic mass is 32.2. The van der Waals surface area contributed by atoms with E-state index in [1.807, 2.05) is 11.8 Å². The van der Waals surface area contributed by atoms with E-state index >= 15 is 0 Å². The Morgan fingerprint density at radius 3 is 3.08 bits per heavy atom. The maximum absolute atomic E-state index is 2.37. The lowest BCUT2D eigenvalue weighted by Gasteiger charge is -2.20. The molecular formula is C10H14S2. The van der Waals surface area contributed by atoms with Gasteiger partial charge in [0.25, 0.3) is 0 Å². The van der Waals surface area contributed by atoms with Gasteiger partial charge in [0, 0.05) is 15.9 Å². The fourth-order valence-corrected chi connectivity index (χ4v) is 4.04. The molecule has 0 fully saturated rings. The van der Waals surface area contributed by atoms with Crippen molar-refractivity contribution in [2.24, 2.45) is 5.92 Å². The van der Waals surface area contributed by atoms with Crippen LogP contribution < -0.4 is 0 Å². The van der Waals surface area contributed by atoms with Crippen LogP contribution in [0.25, 0.3) is 0 Å². The molecule has 1 atom stereocenters. The van der Waals surface area contributed by atoms with Gasteiger partial charge in [0.1, 0.15) is 0 Å². The first-order chi connectivity index (χ1) is 5.77. The van der Waals surface area contributed by atoms with E-state index in [0.29, 0.717) is 0 Å². The van der Waals surface area contributed by atoms with Crippen molar-refractivity contribution in [2.45, 2.75) is 25.5 Å². The number of hydrogen-bond acceptors (Lipinski definition) is 2. The van der Waals surface area contributed by atoms with Gasteiger partial charge in [-0.1, -0.05) is 26.0 Å². The zero-order chi connectivity index (χ0) is 8.55. The highest BCUT2D eigenvalue weighted by Gasteiger charge is 2.22. The molecule has 2 aliphatic heterocycles. The molecule has 2 heterocycles. The van der Waals surface area contributed by atoms with Crippen LogP contribution in [0.2, 0.25) is 0 Å². The smallest absolute Gasteiger partial charge is 0.0298 e. The Morgan fingerprint density at radius 2 is 2.33 bits per heavy atom. The zero-order valence-corrected chi connectivity index (χ0v) is 9.17. The van der Waals surface area contributed by atoms with Crippen molar-refractivity contribution in [3.63, 3.8) is 0 Å². The number of hydrogen-bond donors (Lipinski definition) is 0. The Morgan fingerprint density at radius 1 is 1.50 bits per heavy atom. The van der Waals surface area contributed by atoms with Crippen molar-refractivity contribution in [1.82, 2.24) is 0 Å². The average Bonchev–Trinajstić information content (AvgIpc) is 2.49. The Hall–Kier alpha value is 0.180. The first-order valence-corrected chi connectivity index (χ1v) is 6.34. The van der Waals surface area contributed by atoms with E-state index in [0.717, 1.165) is 11.2 Å². The normalized spacial score (nSPS) is 28.4. The Bertz CT molecular complexity index is 238. The van der Waals surface area contributed by atoms with Crippen molar-refractivity contribution in [2.75, 3.05) is 5.75 Å². The first kappa shape index (κ1) is 8.76. The van der Waals surface area contributed by atoms with Gasteiger partial charge in [0.05, 0.1) is 0 Å². The number of rotatable bonds is 1. The van der Waals surface area contributed by atoms with Crippen molar-refractivity contribution >= 4 is 23.5 Å². The third kappa shape index (κ3) is 1.60. The van der Waals surface area contributed by atoms with Crippen molar-refractivity contribution in [3.8, 4) is 0 Å². The van der Waals surface area contributed by atoms with E-state index < -0.39 is 0 Å². The molecule has 2 aliphatic rings. The van der Waals surface area contributed by atoms with Crippen LogP contribution in [0.3, 0.4) is 0 Å². The van der Waals surface area contributed by atoms with Crippen molar-refractivity contribution in [3.05, 3.63) is 22.0 Å². The summed E-state index contributed by atoms with van der Waals surface area (Å²) in [7, 11) is 0. The van der Waals surface area contributed by atoms with Crippen molar-refractivity contribution < 1.29 is 0 Å². The molecule has 0 radical (unpaired) electrons. The number of allylic oxidation sites excluding steroid dienone is 2. The molecule has 0 aromatic heterocycles. The minimum Gasteiger partial charge on any atom is -0.125 e. The summed E-state index contributed by atoms with van der Waals surface area (Å²) in [5.74, 6) is 2.07. The fourth-order valence-electron chi connectivity index (χ4n) is 1.46. The topological polar surface area (TPSA) is 0 Å². The third-order valence-corrected chi connectivity index (χ3v) is 5.15. The van der Waals surface area contributed by atoms with E-state index in [-0.39, 0.29) is 0 Å². The fraction of sp³-hybridized carbons (Fsp3) is 0.600. The van der Waals surface area contributed by atoms with Gasteiger partial charge in [-0.25, -0.2) is 0 Å². The molecule has 0 N–H and O–H groups in total. The van der Waals surface area contributed by atoms with Crippen LogP contribution in [-0.2, 0) is 0 Å². The monoisotopic (exact) mass is 198 g/mol. The van der Waals surface area contributed by atoms with Gasteiger partial charge in [-0.3, -0.25) is 0 Å². The largest absolute Gasteiger partial charge is 0.125 e. The first-order valence-electron chi connectivity index (χ1n) is 4.48. The van der Waals surface area contributed by atoms with Gasteiger partial charge in [0.15, 0.2) is 0 Å². The highest BCUT2D eigenvalue weighted by Crippen LogP contribution is 2.45. The lowest BCUT2D eigenvalue weighted by atomic mass is 10.1. The molecule has 2 rings (SSSR count). The summed E-state index contributed by atoms with van der Waals surface area (Å²) in [6, 6.07) is 0. The van der Waals surface area contributed by atoms with Gasteiger partial charge < -0.3 is 0 Å². The maximum Gasteiger partial charge on any atom is 0.0298 e. The molecule has 0 aliphatic carbocycles.